The van der Waals surface area contributed by atoms with Crippen LogP contribution in [0.1, 0.15) is 23.3 Å². The number of para-hydroxylation sites is 1. The summed E-state index contributed by atoms with van der Waals surface area (Å²) in [5.74, 6) is 0.634. The highest BCUT2D eigenvalue weighted by Crippen LogP contribution is 2.34. The van der Waals surface area contributed by atoms with Gasteiger partial charge >= 0.3 is 5.69 Å². The molecule has 0 fully saturated rings. The van der Waals surface area contributed by atoms with E-state index >= 15 is 0 Å². The summed E-state index contributed by atoms with van der Waals surface area (Å²) in [6.45, 7) is -0.239. The van der Waals surface area contributed by atoms with Crippen LogP contribution in [-0.2, 0) is 24.2 Å². The number of anilines is 1. The topological polar surface area (TPSA) is 91.6 Å². The normalized spacial score (nSPS) is 12.9. The lowest BCUT2D eigenvalue weighted by Crippen LogP contribution is -2.40. The molecule has 8 nitrogen and oxygen atoms in total. The lowest BCUT2D eigenvalue weighted by Gasteiger charge is -2.14. The molecule has 0 aliphatic heterocycles. The fraction of sp³-hybridized carbons (Fsp3) is 0.269. The number of methoxy groups -OCH3 is 2. The summed E-state index contributed by atoms with van der Waals surface area (Å²) in [7, 11) is 3.05. The van der Waals surface area contributed by atoms with Gasteiger partial charge in [-0.05, 0) is 55.5 Å². The second-order valence-corrected chi connectivity index (χ2v) is 9.43. The third kappa shape index (κ3) is 4.12. The van der Waals surface area contributed by atoms with Crippen LogP contribution < -0.4 is 26.0 Å². The molecule has 4 aromatic rings. The zero-order chi connectivity index (χ0) is 24.5. The van der Waals surface area contributed by atoms with E-state index in [1.807, 2.05) is 6.07 Å². The van der Waals surface area contributed by atoms with E-state index in [-0.39, 0.29) is 12.1 Å². The van der Waals surface area contributed by atoms with Crippen LogP contribution in [0.2, 0.25) is 0 Å². The van der Waals surface area contributed by atoms with E-state index in [1.165, 1.54) is 27.6 Å². The predicted octanol–water partition coefficient (Wildman–Crippen LogP) is 3.75. The summed E-state index contributed by atoms with van der Waals surface area (Å²) in [5.41, 5.74) is 1.08. The number of carbonyl (C=O) groups is 1. The maximum atomic E-state index is 13.6. The Morgan fingerprint density at radius 1 is 1.03 bits per heavy atom. The van der Waals surface area contributed by atoms with Gasteiger partial charge in [-0.1, -0.05) is 18.2 Å². The van der Waals surface area contributed by atoms with Crippen LogP contribution in [0, 0.1) is 0 Å². The Morgan fingerprint density at radius 3 is 2.54 bits per heavy atom. The van der Waals surface area contributed by atoms with Crippen molar-refractivity contribution in [1.82, 2.24) is 9.13 Å². The van der Waals surface area contributed by atoms with Gasteiger partial charge in [-0.15, -0.1) is 11.3 Å². The number of carbonyl (C=O) groups excluding carboxylic acids is 1. The number of aromatic nitrogens is 2. The summed E-state index contributed by atoms with van der Waals surface area (Å²) in [6.07, 6.45) is 3.73. The van der Waals surface area contributed by atoms with E-state index in [0.717, 1.165) is 36.1 Å². The van der Waals surface area contributed by atoms with E-state index in [2.05, 4.69) is 5.32 Å². The molecule has 2 heterocycles. The number of thiophene rings is 1. The fourth-order valence-electron chi connectivity index (χ4n) is 4.55. The number of nitrogens with one attached hydrogen (secondary N) is 1. The first-order valence-corrected chi connectivity index (χ1v) is 12.2. The first-order chi connectivity index (χ1) is 17.0. The molecule has 0 saturated heterocycles. The van der Waals surface area contributed by atoms with Crippen LogP contribution >= 0.6 is 11.3 Å². The molecule has 1 amide bonds. The van der Waals surface area contributed by atoms with Gasteiger partial charge in [-0.25, -0.2) is 9.36 Å². The molecule has 1 aliphatic rings. The van der Waals surface area contributed by atoms with Gasteiger partial charge in [-0.3, -0.25) is 14.2 Å². The Bertz CT molecular complexity index is 1530. The Balaban J connectivity index is 1.62. The van der Waals surface area contributed by atoms with Crippen LogP contribution in [0.25, 0.3) is 15.9 Å². The van der Waals surface area contributed by atoms with E-state index in [1.54, 1.807) is 49.6 Å². The average molecular weight is 492 g/mol. The van der Waals surface area contributed by atoms with Gasteiger partial charge in [0.25, 0.3) is 5.56 Å². The highest BCUT2D eigenvalue weighted by molar-refractivity contribution is 7.18. The Hall–Kier alpha value is -3.85. The second kappa shape index (κ2) is 9.42. The van der Waals surface area contributed by atoms with Gasteiger partial charge < -0.3 is 14.8 Å². The molecule has 5 rings (SSSR count). The zero-order valence-electron chi connectivity index (χ0n) is 19.5. The smallest absolute Gasteiger partial charge is 0.337 e. The fourth-order valence-corrected chi connectivity index (χ4v) is 5.92. The van der Waals surface area contributed by atoms with Crippen molar-refractivity contribution < 1.29 is 14.3 Å². The summed E-state index contributed by atoms with van der Waals surface area (Å²) in [4.78, 5) is 42.0. The minimum absolute atomic E-state index is 0.239. The predicted molar refractivity (Wildman–Crippen MR) is 136 cm³/mol. The minimum atomic E-state index is -0.538. The molecule has 1 aliphatic carbocycles. The largest absolute Gasteiger partial charge is 0.497 e. The van der Waals surface area contributed by atoms with E-state index in [4.69, 9.17) is 9.47 Å². The van der Waals surface area contributed by atoms with Crippen LogP contribution in [-0.4, -0.2) is 29.3 Å². The number of fused-ring (bicyclic) bond motifs is 3. The summed E-state index contributed by atoms with van der Waals surface area (Å²) < 4.78 is 13.2. The van der Waals surface area contributed by atoms with Crippen molar-refractivity contribution in [2.45, 2.75) is 32.2 Å². The van der Waals surface area contributed by atoms with Crippen molar-refractivity contribution >= 4 is 33.1 Å². The van der Waals surface area contributed by atoms with Crippen molar-refractivity contribution in [2.75, 3.05) is 19.5 Å². The molecule has 0 bridgehead atoms. The molecule has 1 N–H and O–H groups in total. The molecule has 2 aromatic carbocycles. The van der Waals surface area contributed by atoms with Crippen molar-refractivity contribution in [1.29, 1.82) is 0 Å². The molecular weight excluding hydrogens is 466 g/mol. The summed E-state index contributed by atoms with van der Waals surface area (Å²) >= 11 is 1.45. The number of amides is 1. The Kier molecular flexibility index (Phi) is 6.17. The summed E-state index contributed by atoms with van der Waals surface area (Å²) in [6, 6.07) is 13.9. The molecule has 0 unspecified atom stereocenters. The number of nitrogens with zero attached hydrogens (tertiary/aromatic N) is 2. The molecule has 0 atom stereocenters. The van der Waals surface area contributed by atoms with Gasteiger partial charge in [0.2, 0.25) is 5.91 Å². The quantitative estimate of drug-likeness (QED) is 0.444. The lowest BCUT2D eigenvalue weighted by atomic mass is 9.97. The van der Waals surface area contributed by atoms with Crippen LogP contribution in [0.3, 0.4) is 0 Å². The van der Waals surface area contributed by atoms with Crippen molar-refractivity contribution in [3.63, 3.8) is 0 Å². The van der Waals surface area contributed by atoms with Crippen LogP contribution in [0.5, 0.6) is 11.5 Å². The monoisotopic (exact) mass is 491 g/mol. The van der Waals surface area contributed by atoms with Gasteiger partial charge in [0.1, 0.15) is 22.9 Å². The molecule has 180 valence electrons. The van der Waals surface area contributed by atoms with Gasteiger partial charge in [-0.2, -0.15) is 0 Å². The maximum Gasteiger partial charge on any atom is 0.337 e. The van der Waals surface area contributed by atoms with Gasteiger partial charge in [0, 0.05) is 10.9 Å². The highest BCUT2D eigenvalue weighted by Gasteiger charge is 2.25. The number of aryl methyl sites for hydroxylation is 2. The van der Waals surface area contributed by atoms with E-state index < -0.39 is 11.6 Å². The second-order valence-electron chi connectivity index (χ2n) is 8.35. The molecule has 0 radical (unpaired) electrons. The Labute approximate surface area is 205 Å². The SMILES string of the molecule is COc1ccc(NC(=O)Cn2c(=O)n(-c3ccccc3)c(=O)c3c4c(sc32)CCCC4)c(OC)c1. The van der Waals surface area contributed by atoms with E-state index in [0.29, 0.717) is 33.1 Å². The number of hydrogen-bond acceptors (Lipinski definition) is 6. The van der Waals surface area contributed by atoms with Crippen molar-refractivity contribution in [3.8, 4) is 17.2 Å². The maximum absolute atomic E-state index is 13.6. The van der Waals surface area contributed by atoms with Crippen molar-refractivity contribution in [3.05, 3.63) is 79.8 Å². The molecule has 0 saturated carbocycles. The van der Waals surface area contributed by atoms with Gasteiger partial charge in [0.05, 0.1) is 31.0 Å². The first-order valence-electron chi connectivity index (χ1n) is 11.4. The molecule has 35 heavy (non-hydrogen) atoms. The standard InChI is InChI=1S/C26H25N3O5S/c1-33-17-12-13-19(20(14-17)34-2)27-22(30)15-28-25-23(18-10-6-7-11-21(18)35-25)24(31)29(26(28)32)16-8-4-3-5-9-16/h3-5,8-9,12-14H,6-7,10-11,15H2,1-2H3,(H,27,30). The molecule has 2 aromatic heterocycles. The molecular formula is C26H25N3O5S. The summed E-state index contributed by atoms with van der Waals surface area (Å²) in [5, 5.41) is 3.37. The molecule has 9 heteroatoms. The number of hydrogen-bond donors (Lipinski definition) is 1. The van der Waals surface area contributed by atoms with Crippen molar-refractivity contribution in [2.24, 2.45) is 0 Å². The third-order valence-electron chi connectivity index (χ3n) is 6.24. The Morgan fingerprint density at radius 2 is 1.80 bits per heavy atom. The van der Waals surface area contributed by atoms with E-state index in [9.17, 15) is 14.4 Å². The lowest BCUT2D eigenvalue weighted by molar-refractivity contribution is -0.116. The first kappa shape index (κ1) is 22.9. The van der Waals surface area contributed by atoms with Crippen LogP contribution in [0.4, 0.5) is 5.69 Å². The number of ether oxygens (including phenoxy) is 2. The minimum Gasteiger partial charge on any atom is -0.497 e. The highest BCUT2D eigenvalue weighted by atomic mass is 32.1. The van der Waals surface area contributed by atoms with Gasteiger partial charge in [0.15, 0.2) is 0 Å². The molecule has 0 spiro atoms. The average Bonchev–Trinajstić information content (AvgIpc) is 3.27. The number of rotatable bonds is 6. The zero-order valence-corrected chi connectivity index (χ0v) is 20.3. The third-order valence-corrected chi connectivity index (χ3v) is 7.55. The number of benzene rings is 2. The van der Waals surface area contributed by atoms with Crippen LogP contribution in [0.15, 0.2) is 58.1 Å².